The number of aliphatic hydroxyl groups excluding tert-OH is 1. The fraction of sp³-hybridized carbons (Fsp3) is 0.900. The number of aliphatic hydroxyl groups is 1. The number of aliphatic imine (C=N–C) groups is 1. The third-order valence-electron chi connectivity index (χ3n) is 2.50. The van der Waals surface area contributed by atoms with Crippen molar-refractivity contribution in [3.63, 3.8) is 0 Å². The van der Waals surface area contributed by atoms with E-state index in [1.807, 2.05) is 6.92 Å². The van der Waals surface area contributed by atoms with Gasteiger partial charge in [-0.25, -0.2) is 0 Å². The monoisotopic (exact) mass is 184 g/mol. The zero-order valence-electron chi connectivity index (χ0n) is 8.58. The van der Waals surface area contributed by atoms with Gasteiger partial charge in [0, 0.05) is 13.0 Å². The third-order valence-corrected chi connectivity index (χ3v) is 2.50. The average Bonchev–Trinajstić information content (AvgIpc) is 2.15. The first-order chi connectivity index (χ1) is 6.24. The summed E-state index contributed by atoms with van der Waals surface area (Å²) in [4.78, 5) is 4.39. The number of nitrogens with zero attached hydrogens (tertiary/aromatic N) is 1. The molecule has 0 aromatic heterocycles. The smallest absolute Gasteiger partial charge is 0.0966 e. The highest BCUT2D eigenvalue weighted by Crippen LogP contribution is 2.06. The molecule has 76 valence electrons. The molecular weight excluding hydrogens is 164 g/mol. The van der Waals surface area contributed by atoms with Gasteiger partial charge >= 0.3 is 0 Å². The lowest BCUT2D eigenvalue weighted by atomic mass is 10.1. The Hall–Kier alpha value is -0.570. The van der Waals surface area contributed by atoms with Crippen molar-refractivity contribution in [3.8, 4) is 0 Å². The van der Waals surface area contributed by atoms with Crippen LogP contribution in [0.3, 0.4) is 0 Å². The van der Waals surface area contributed by atoms with Gasteiger partial charge < -0.3 is 10.4 Å². The molecule has 3 heteroatoms. The molecule has 0 aliphatic carbocycles. The standard InChI is InChI=1S/C10H20N2O/c1-3-9(8(2)13)12-10-6-4-5-7-11-10/h8-9,13H,3-7H2,1-2H3,(H,11,12). The van der Waals surface area contributed by atoms with Crippen molar-refractivity contribution in [2.75, 3.05) is 6.54 Å². The molecule has 1 heterocycles. The van der Waals surface area contributed by atoms with E-state index in [9.17, 15) is 5.11 Å². The molecule has 0 saturated heterocycles. The predicted molar refractivity (Wildman–Crippen MR) is 55.0 cm³/mol. The zero-order valence-corrected chi connectivity index (χ0v) is 8.58. The fourth-order valence-corrected chi connectivity index (χ4v) is 1.59. The van der Waals surface area contributed by atoms with Crippen molar-refractivity contribution < 1.29 is 5.11 Å². The SMILES string of the molecule is CCC(NC1=NCCCC1)C(C)O. The van der Waals surface area contributed by atoms with Gasteiger partial charge in [0.15, 0.2) is 0 Å². The van der Waals surface area contributed by atoms with Crippen molar-refractivity contribution in [2.24, 2.45) is 4.99 Å². The van der Waals surface area contributed by atoms with Crippen LogP contribution in [0.25, 0.3) is 0 Å². The van der Waals surface area contributed by atoms with E-state index in [0.717, 1.165) is 25.2 Å². The summed E-state index contributed by atoms with van der Waals surface area (Å²) in [6, 6.07) is 0.164. The Labute approximate surface area is 80.3 Å². The summed E-state index contributed by atoms with van der Waals surface area (Å²) in [7, 11) is 0. The number of nitrogens with one attached hydrogen (secondary N) is 1. The van der Waals surface area contributed by atoms with Crippen LogP contribution in [0, 0.1) is 0 Å². The van der Waals surface area contributed by atoms with Crippen LogP contribution < -0.4 is 5.32 Å². The lowest BCUT2D eigenvalue weighted by Gasteiger charge is -2.23. The van der Waals surface area contributed by atoms with Gasteiger partial charge in [0.25, 0.3) is 0 Å². The van der Waals surface area contributed by atoms with Crippen LogP contribution in [0.4, 0.5) is 0 Å². The van der Waals surface area contributed by atoms with Gasteiger partial charge in [0.05, 0.1) is 18.0 Å². The molecule has 0 amide bonds. The maximum atomic E-state index is 9.43. The van der Waals surface area contributed by atoms with Crippen molar-refractivity contribution in [1.29, 1.82) is 0 Å². The highest BCUT2D eigenvalue weighted by atomic mass is 16.3. The van der Waals surface area contributed by atoms with Gasteiger partial charge in [-0.15, -0.1) is 0 Å². The minimum Gasteiger partial charge on any atom is -0.391 e. The lowest BCUT2D eigenvalue weighted by molar-refractivity contribution is 0.152. The van der Waals surface area contributed by atoms with Crippen LogP contribution >= 0.6 is 0 Å². The fourth-order valence-electron chi connectivity index (χ4n) is 1.59. The minimum atomic E-state index is -0.297. The quantitative estimate of drug-likeness (QED) is 0.694. The van der Waals surface area contributed by atoms with Crippen molar-refractivity contribution >= 4 is 5.84 Å². The molecule has 0 radical (unpaired) electrons. The molecule has 1 aliphatic rings. The second kappa shape index (κ2) is 5.22. The van der Waals surface area contributed by atoms with Gasteiger partial charge in [-0.3, -0.25) is 4.99 Å². The van der Waals surface area contributed by atoms with Crippen LogP contribution in [-0.2, 0) is 0 Å². The number of hydrogen-bond acceptors (Lipinski definition) is 3. The second-order valence-electron chi connectivity index (χ2n) is 3.69. The molecule has 3 nitrogen and oxygen atoms in total. The van der Waals surface area contributed by atoms with Crippen molar-refractivity contribution in [3.05, 3.63) is 0 Å². The van der Waals surface area contributed by atoms with E-state index in [0.29, 0.717) is 0 Å². The Kier molecular flexibility index (Phi) is 4.22. The summed E-state index contributed by atoms with van der Waals surface area (Å²) < 4.78 is 0. The van der Waals surface area contributed by atoms with Crippen LogP contribution in [0.2, 0.25) is 0 Å². The normalized spacial score (nSPS) is 21.9. The molecule has 1 aliphatic heterocycles. The minimum absolute atomic E-state index is 0.164. The van der Waals surface area contributed by atoms with Crippen LogP contribution in [0.15, 0.2) is 4.99 Å². The molecule has 2 N–H and O–H groups in total. The van der Waals surface area contributed by atoms with E-state index in [2.05, 4.69) is 17.2 Å². The average molecular weight is 184 g/mol. The van der Waals surface area contributed by atoms with Gasteiger partial charge in [0.2, 0.25) is 0 Å². The highest BCUT2D eigenvalue weighted by molar-refractivity contribution is 5.82. The number of hydrogen-bond donors (Lipinski definition) is 2. The summed E-state index contributed by atoms with van der Waals surface area (Å²) in [5, 5.41) is 12.7. The Morgan fingerprint density at radius 3 is 2.77 bits per heavy atom. The van der Waals surface area contributed by atoms with E-state index in [4.69, 9.17) is 0 Å². The molecular formula is C10H20N2O. The highest BCUT2D eigenvalue weighted by Gasteiger charge is 2.14. The molecule has 0 fully saturated rings. The van der Waals surface area contributed by atoms with Gasteiger partial charge in [-0.1, -0.05) is 6.92 Å². The summed E-state index contributed by atoms with van der Waals surface area (Å²) in [6.45, 7) is 4.84. The van der Waals surface area contributed by atoms with E-state index in [1.165, 1.54) is 12.8 Å². The Morgan fingerprint density at radius 1 is 1.54 bits per heavy atom. The van der Waals surface area contributed by atoms with E-state index in [-0.39, 0.29) is 12.1 Å². The Bertz CT molecular complexity index is 178. The second-order valence-corrected chi connectivity index (χ2v) is 3.69. The molecule has 0 spiro atoms. The molecule has 2 atom stereocenters. The maximum absolute atomic E-state index is 9.43. The van der Waals surface area contributed by atoms with Crippen LogP contribution in [0.5, 0.6) is 0 Å². The van der Waals surface area contributed by atoms with E-state index in [1.54, 1.807) is 0 Å². The first kappa shape index (κ1) is 10.5. The van der Waals surface area contributed by atoms with Gasteiger partial charge in [-0.05, 0) is 26.2 Å². The summed E-state index contributed by atoms with van der Waals surface area (Å²) in [5.41, 5.74) is 0. The van der Waals surface area contributed by atoms with Crippen molar-refractivity contribution in [1.82, 2.24) is 5.32 Å². The molecule has 0 saturated carbocycles. The maximum Gasteiger partial charge on any atom is 0.0966 e. The van der Waals surface area contributed by atoms with Gasteiger partial charge in [0.1, 0.15) is 0 Å². The molecule has 2 unspecified atom stereocenters. The van der Waals surface area contributed by atoms with Crippen LogP contribution in [-0.4, -0.2) is 29.6 Å². The van der Waals surface area contributed by atoms with E-state index < -0.39 is 0 Å². The topological polar surface area (TPSA) is 44.6 Å². The van der Waals surface area contributed by atoms with Crippen LogP contribution in [0.1, 0.15) is 39.5 Å². The number of amidine groups is 1. The molecule has 0 bridgehead atoms. The predicted octanol–water partition coefficient (Wildman–Crippen LogP) is 1.32. The third kappa shape index (κ3) is 3.35. The Morgan fingerprint density at radius 2 is 2.31 bits per heavy atom. The number of rotatable bonds is 3. The summed E-state index contributed by atoms with van der Waals surface area (Å²) in [6.07, 6.45) is 4.12. The lowest BCUT2D eigenvalue weighted by Crippen LogP contribution is -2.42. The van der Waals surface area contributed by atoms with E-state index >= 15 is 0 Å². The largest absolute Gasteiger partial charge is 0.391 e. The molecule has 13 heavy (non-hydrogen) atoms. The molecule has 1 rings (SSSR count). The summed E-state index contributed by atoms with van der Waals surface area (Å²) >= 11 is 0. The zero-order chi connectivity index (χ0) is 9.68. The molecule has 0 aromatic carbocycles. The summed E-state index contributed by atoms with van der Waals surface area (Å²) in [5.74, 6) is 1.08. The van der Waals surface area contributed by atoms with Gasteiger partial charge in [-0.2, -0.15) is 0 Å². The Balaban J connectivity index is 2.40. The first-order valence-corrected chi connectivity index (χ1v) is 5.22. The van der Waals surface area contributed by atoms with Crippen molar-refractivity contribution in [2.45, 2.75) is 51.7 Å². The first-order valence-electron chi connectivity index (χ1n) is 5.22. The molecule has 0 aromatic rings.